The van der Waals surface area contributed by atoms with Gasteiger partial charge in [-0.05, 0) is 29.3 Å². The predicted octanol–water partition coefficient (Wildman–Crippen LogP) is 2.37. The minimum Gasteiger partial charge on any atom is -0.481 e. The fourth-order valence-electron chi connectivity index (χ4n) is 2.04. The van der Waals surface area contributed by atoms with Crippen LogP contribution in [-0.2, 0) is 9.59 Å². The van der Waals surface area contributed by atoms with E-state index in [1.165, 1.54) is 6.07 Å². The van der Waals surface area contributed by atoms with Crippen molar-refractivity contribution < 1.29 is 32.6 Å². The van der Waals surface area contributed by atoms with Crippen LogP contribution >= 0.6 is 0 Å². The second-order valence-corrected chi connectivity index (χ2v) is 3.97. The summed E-state index contributed by atoms with van der Waals surface area (Å²) in [7, 11) is 0. The number of carboxylic acid groups (broad SMARTS) is 1. The second kappa shape index (κ2) is 4.44. The van der Waals surface area contributed by atoms with Crippen molar-refractivity contribution in [1.82, 2.24) is 0 Å². The minimum atomic E-state index is -4.85. The predicted molar refractivity (Wildman–Crippen MR) is 57.2 cm³/mol. The Hall–Kier alpha value is -2.27. The topological polar surface area (TPSA) is 63.6 Å². The van der Waals surface area contributed by atoms with E-state index in [0.717, 1.165) is 12.1 Å². The van der Waals surface area contributed by atoms with Gasteiger partial charge in [0, 0.05) is 12.0 Å². The van der Waals surface area contributed by atoms with Gasteiger partial charge in [0.25, 0.3) is 0 Å². The molecular formula is C12H7F3O4. The van der Waals surface area contributed by atoms with Crippen molar-refractivity contribution in [2.24, 2.45) is 0 Å². The third-order valence-corrected chi connectivity index (χ3v) is 2.79. The number of allylic oxidation sites excluding steroid dienone is 1. The van der Waals surface area contributed by atoms with E-state index in [2.05, 4.69) is 4.74 Å². The summed E-state index contributed by atoms with van der Waals surface area (Å²) in [6.07, 6.45) is -4.93. The molecule has 0 heterocycles. The molecule has 0 radical (unpaired) electrons. The number of carbonyl (C=O) groups is 1. The molecule has 0 amide bonds. The van der Waals surface area contributed by atoms with Crippen molar-refractivity contribution in [3.63, 3.8) is 0 Å². The van der Waals surface area contributed by atoms with E-state index < -0.39 is 24.0 Å². The smallest absolute Gasteiger partial charge is 0.481 e. The molecule has 1 unspecified atom stereocenters. The Kier molecular flexibility index (Phi) is 3.08. The summed E-state index contributed by atoms with van der Waals surface area (Å²) in [5.41, 5.74) is 0.575. The molecule has 19 heavy (non-hydrogen) atoms. The zero-order chi connectivity index (χ0) is 14.2. The standard InChI is InChI=1S/C12H7F3O4/c13-12(14,15)19-7-1-2-8-6(5-16)3-10(11(17)18)9(8)4-7/h1-2,4,10H,3H2,(H,17,18). The summed E-state index contributed by atoms with van der Waals surface area (Å²) in [5.74, 6) is -1.16. The van der Waals surface area contributed by atoms with Gasteiger partial charge >= 0.3 is 12.3 Å². The number of carbonyl (C=O) groups excluding carboxylic acids is 1. The lowest BCUT2D eigenvalue weighted by molar-refractivity contribution is -0.274. The van der Waals surface area contributed by atoms with Crippen LogP contribution in [0.2, 0.25) is 0 Å². The van der Waals surface area contributed by atoms with E-state index in [4.69, 9.17) is 5.11 Å². The Bertz CT molecular complexity index is 585. The number of ether oxygens (including phenoxy) is 1. The molecule has 0 aromatic heterocycles. The SMILES string of the molecule is O=C=C1CC(C(=O)O)c2cc(OC(F)(F)F)ccc21. The van der Waals surface area contributed by atoms with E-state index >= 15 is 0 Å². The van der Waals surface area contributed by atoms with Crippen LogP contribution in [-0.4, -0.2) is 23.4 Å². The number of hydrogen-bond acceptors (Lipinski definition) is 3. The molecule has 1 N–H and O–H groups in total. The largest absolute Gasteiger partial charge is 0.573 e. The average molecular weight is 272 g/mol. The van der Waals surface area contributed by atoms with Gasteiger partial charge in [-0.3, -0.25) is 4.79 Å². The number of fused-ring (bicyclic) bond motifs is 1. The number of alkyl halides is 3. The first-order valence-corrected chi connectivity index (χ1v) is 5.18. The highest BCUT2D eigenvalue weighted by Crippen LogP contribution is 2.42. The lowest BCUT2D eigenvalue weighted by Crippen LogP contribution is -2.17. The molecule has 1 aliphatic carbocycles. The van der Waals surface area contributed by atoms with Gasteiger partial charge in [-0.1, -0.05) is 0 Å². The molecule has 0 saturated heterocycles. The number of benzene rings is 1. The fraction of sp³-hybridized carbons (Fsp3) is 0.250. The zero-order valence-electron chi connectivity index (χ0n) is 9.32. The molecule has 0 aliphatic heterocycles. The maximum absolute atomic E-state index is 12.1. The van der Waals surface area contributed by atoms with Gasteiger partial charge < -0.3 is 9.84 Å². The molecule has 1 aliphatic rings. The highest BCUT2D eigenvalue weighted by atomic mass is 19.4. The maximum atomic E-state index is 12.1. The first kappa shape index (κ1) is 13.2. The first-order chi connectivity index (χ1) is 8.81. The van der Waals surface area contributed by atoms with Crippen molar-refractivity contribution in [2.75, 3.05) is 0 Å². The van der Waals surface area contributed by atoms with Crippen molar-refractivity contribution in [3.05, 3.63) is 29.3 Å². The van der Waals surface area contributed by atoms with Crippen LogP contribution in [0, 0.1) is 0 Å². The maximum Gasteiger partial charge on any atom is 0.573 e. The number of rotatable bonds is 2. The minimum absolute atomic E-state index is 0.0797. The van der Waals surface area contributed by atoms with Gasteiger partial charge in [-0.25, -0.2) is 4.79 Å². The van der Waals surface area contributed by atoms with Crippen molar-refractivity contribution >= 4 is 17.5 Å². The van der Waals surface area contributed by atoms with Crippen LogP contribution in [0.25, 0.3) is 5.57 Å². The van der Waals surface area contributed by atoms with E-state index in [-0.39, 0.29) is 17.6 Å². The third kappa shape index (κ3) is 2.61. The van der Waals surface area contributed by atoms with E-state index in [9.17, 15) is 22.8 Å². The van der Waals surface area contributed by atoms with Gasteiger partial charge in [-0.15, -0.1) is 13.2 Å². The van der Waals surface area contributed by atoms with Crippen molar-refractivity contribution in [2.45, 2.75) is 18.7 Å². The molecule has 4 nitrogen and oxygen atoms in total. The normalized spacial score (nSPS) is 17.8. The molecule has 0 bridgehead atoms. The molecule has 0 saturated carbocycles. The quantitative estimate of drug-likeness (QED) is 0.839. The summed E-state index contributed by atoms with van der Waals surface area (Å²) in [5, 5.41) is 8.99. The Morgan fingerprint density at radius 3 is 2.63 bits per heavy atom. The molecule has 1 aromatic carbocycles. The molecule has 100 valence electrons. The molecule has 1 atom stereocenters. The first-order valence-electron chi connectivity index (χ1n) is 5.18. The number of aliphatic carboxylic acids is 1. The van der Waals surface area contributed by atoms with Crippen molar-refractivity contribution in [3.8, 4) is 5.75 Å². The Labute approximate surface area is 105 Å². The summed E-state index contributed by atoms with van der Waals surface area (Å²) in [6, 6.07) is 3.26. The van der Waals surface area contributed by atoms with Gasteiger partial charge in [-0.2, -0.15) is 0 Å². The van der Waals surface area contributed by atoms with Crippen LogP contribution in [0.1, 0.15) is 23.5 Å². The molecule has 7 heteroatoms. The summed E-state index contributed by atoms with van der Waals surface area (Å²) in [6.45, 7) is 0. The summed E-state index contributed by atoms with van der Waals surface area (Å²) < 4.78 is 40.0. The van der Waals surface area contributed by atoms with Crippen LogP contribution in [0.15, 0.2) is 18.2 Å². The summed E-state index contributed by atoms with van der Waals surface area (Å²) in [4.78, 5) is 21.7. The van der Waals surface area contributed by atoms with Crippen LogP contribution in [0.3, 0.4) is 0 Å². The van der Waals surface area contributed by atoms with Gasteiger partial charge in [0.05, 0.1) is 5.92 Å². The zero-order valence-corrected chi connectivity index (χ0v) is 9.32. The lowest BCUT2D eigenvalue weighted by Gasteiger charge is -2.11. The van der Waals surface area contributed by atoms with E-state index in [0.29, 0.717) is 5.56 Å². The molecule has 2 rings (SSSR count). The van der Waals surface area contributed by atoms with Gasteiger partial charge in [0.2, 0.25) is 0 Å². The Morgan fingerprint density at radius 1 is 1.42 bits per heavy atom. The second-order valence-electron chi connectivity index (χ2n) is 3.97. The molecule has 0 fully saturated rings. The molecular weight excluding hydrogens is 265 g/mol. The third-order valence-electron chi connectivity index (χ3n) is 2.79. The highest BCUT2D eigenvalue weighted by Gasteiger charge is 2.35. The highest BCUT2D eigenvalue weighted by molar-refractivity contribution is 5.97. The van der Waals surface area contributed by atoms with Crippen LogP contribution in [0.4, 0.5) is 13.2 Å². The Balaban J connectivity index is 2.46. The van der Waals surface area contributed by atoms with Gasteiger partial charge in [0.15, 0.2) is 0 Å². The number of halogens is 3. The van der Waals surface area contributed by atoms with E-state index in [1.54, 1.807) is 5.94 Å². The van der Waals surface area contributed by atoms with Crippen molar-refractivity contribution in [1.29, 1.82) is 0 Å². The molecule has 0 spiro atoms. The average Bonchev–Trinajstić information content (AvgIpc) is 2.64. The fourth-order valence-corrected chi connectivity index (χ4v) is 2.04. The van der Waals surface area contributed by atoms with E-state index in [1.807, 2.05) is 0 Å². The molecule has 1 aromatic rings. The van der Waals surface area contributed by atoms with Crippen LogP contribution < -0.4 is 4.74 Å². The monoisotopic (exact) mass is 272 g/mol. The Morgan fingerprint density at radius 2 is 2.11 bits per heavy atom. The summed E-state index contributed by atoms with van der Waals surface area (Å²) >= 11 is 0. The number of carboxylic acids is 1. The lowest BCUT2D eigenvalue weighted by atomic mass is 10.0. The number of hydrogen-bond donors (Lipinski definition) is 1. The van der Waals surface area contributed by atoms with Crippen LogP contribution in [0.5, 0.6) is 5.75 Å². The van der Waals surface area contributed by atoms with Gasteiger partial charge in [0.1, 0.15) is 11.7 Å².